The van der Waals surface area contributed by atoms with E-state index in [1.165, 1.54) is 0 Å². The Morgan fingerprint density at radius 1 is 1.61 bits per heavy atom. The van der Waals surface area contributed by atoms with Crippen LogP contribution in [0.1, 0.15) is 42.9 Å². The minimum absolute atomic E-state index is 0.0508. The number of nitrogens with one attached hydrogen (secondary N) is 1. The van der Waals surface area contributed by atoms with Gasteiger partial charge >= 0.3 is 0 Å². The number of amides is 1. The largest absolute Gasteiger partial charge is 0.351 e. The standard InChI is InChI=1S/C13H24N4O/c1-4-11-8-12(17(3)16-11)13(18)15-7-5-6-10(2)9-14/h8,10H,4-7,9,14H2,1-3H3,(H,15,18). The van der Waals surface area contributed by atoms with E-state index in [1.807, 2.05) is 13.0 Å². The van der Waals surface area contributed by atoms with Crippen molar-refractivity contribution in [3.63, 3.8) is 0 Å². The zero-order valence-corrected chi connectivity index (χ0v) is 11.6. The molecule has 5 nitrogen and oxygen atoms in total. The first-order valence-electron chi connectivity index (χ1n) is 6.59. The number of hydrogen-bond acceptors (Lipinski definition) is 3. The Labute approximate surface area is 109 Å². The number of rotatable bonds is 7. The van der Waals surface area contributed by atoms with Gasteiger partial charge in [-0.3, -0.25) is 9.48 Å². The van der Waals surface area contributed by atoms with Gasteiger partial charge in [0.2, 0.25) is 0 Å². The maximum atomic E-state index is 11.9. The summed E-state index contributed by atoms with van der Waals surface area (Å²) in [5, 5.41) is 7.18. The Hall–Kier alpha value is -1.36. The fourth-order valence-electron chi connectivity index (χ4n) is 1.77. The smallest absolute Gasteiger partial charge is 0.269 e. The topological polar surface area (TPSA) is 72.9 Å². The molecule has 1 aromatic rings. The van der Waals surface area contributed by atoms with Gasteiger partial charge in [-0.2, -0.15) is 5.10 Å². The maximum absolute atomic E-state index is 11.9. The number of aromatic nitrogens is 2. The zero-order chi connectivity index (χ0) is 13.5. The van der Waals surface area contributed by atoms with E-state index < -0.39 is 0 Å². The molecule has 1 rings (SSSR count). The molecule has 0 aliphatic rings. The van der Waals surface area contributed by atoms with Crippen LogP contribution in [0.15, 0.2) is 6.07 Å². The van der Waals surface area contributed by atoms with Crippen LogP contribution in [0.25, 0.3) is 0 Å². The van der Waals surface area contributed by atoms with Gasteiger partial charge in [0.1, 0.15) is 5.69 Å². The Bertz CT molecular complexity index is 386. The van der Waals surface area contributed by atoms with Crippen molar-refractivity contribution in [2.45, 2.75) is 33.1 Å². The van der Waals surface area contributed by atoms with Crippen LogP contribution >= 0.6 is 0 Å². The van der Waals surface area contributed by atoms with Crippen LogP contribution in [0.5, 0.6) is 0 Å². The van der Waals surface area contributed by atoms with Crippen molar-refractivity contribution in [1.29, 1.82) is 0 Å². The minimum atomic E-state index is -0.0508. The number of carbonyl (C=O) groups excluding carboxylic acids is 1. The predicted octanol–water partition coefficient (Wildman–Crippen LogP) is 1.09. The lowest BCUT2D eigenvalue weighted by Gasteiger charge is -2.08. The van der Waals surface area contributed by atoms with E-state index in [0.717, 1.165) is 25.0 Å². The number of nitrogens with two attached hydrogens (primary N) is 1. The first-order chi connectivity index (χ1) is 8.58. The van der Waals surface area contributed by atoms with Crippen molar-refractivity contribution >= 4 is 5.91 Å². The van der Waals surface area contributed by atoms with Crippen LogP contribution < -0.4 is 11.1 Å². The molecule has 0 aliphatic heterocycles. The van der Waals surface area contributed by atoms with Crippen molar-refractivity contribution in [3.05, 3.63) is 17.5 Å². The second-order valence-electron chi connectivity index (χ2n) is 4.74. The summed E-state index contributed by atoms with van der Waals surface area (Å²) in [6, 6.07) is 1.85. The summed E-state index contributed by atoms with van der Waals surface area (Å²) in [6.07, 6.45) is 2.85. The molecule has 1 amide bonds. The van der Waals surface area contributed by atoms with Crippen LogP contribution in [0.4, 0.5) is 0 Å². The summed E-state index contributed by atoms with van der Waals surface area (Å²) in [5.41, 5.74) is 7.11. The van der Waals surface area contributed by atoms with Gasteiger partial charge in [0.15, 0.2) is 0 Å². The molecule has 1 unspecified atom stereocenters. The number of aryl methyl sites for hydroxylation is 2. The molecule has 3 N–H and O–H groups in total. The highest BCUT2D eigenvalue weighted by molar-refractivity contribution is 5.92. The first-order valence-corrected chi connectivity index (χ1v) is 6.59. The van der Waals surface area contributed by atoms with Gasteiger partial charge < -0.3 is 11.1 Å². The quantitative estimate of drug-likeness (QED) is 0.713. The lowest BCUT2D eigenvalue weighted by atomic mass is 10.1. The van der Waals surface area contributed by atoms with Gasteiger partial charge in [0, 0.05) is 13.6 Å². The Morgan fingerprint density at radius 3 is 2.89 bits per heavy atom. The van der Waals surface area contributed by atoms with Crippen LogP contribution in [0.2, 0.25) is 0 Å². The third kappa shape index (κ3) is 4.14. The van der Waals surface area contributed by atoms with E-state index in [2.05, 4.69) is 17.3 Å². The molecule has 1 heterocycles. The summed E-state index contributed by atoms with van der Waals surface area (Å²) in [5.74, 6) is 0.468. The van der Waals surface area contributed by atoms with Crippen molar-refractivity contribution in [2.75, 3.05) is 13.1 Å². The molecule has 0 fully saturated rings. The van der Waals surface area contributed by atoms with Gasteiger partial charge in [-0.1, -0.05) is 13.8 Å². The second-order valence-corrected chi connectivity index (χ2v) is 4.74. The molecule has 0 saturated heterocycles. The molecule has 0 spiro atoms. The molecule has 0 radical (unpaired) electrons. The third-order valence-electron chi connectivity index (χ3n) is 3.09. The van der Waals surface area contributed by atoms with Gasteiger partial charge in [0.05, 0.1) is 5.69 Å². The lowest BCUT2D eigenvalue weighted by Crippen LogP contribution is -2.27. The number of nitrogens with zero attached hydrogens (tertiary/aromatic N) is 2. The van der Waals surface area contributed by atoms with Gasteiger partial charge in [-0.15, -0.1) is 0 Å². The van der Waals surface area contributed by atoms with Crippen molar-refractivity contribution in [1.82, 2.24) is 15.1 Å². The van der Waals surface area contributed by atoms with Crippen LogP contribution in [0, 0.1) is 5.92 Å². The fraction of sp³-hybridized carbons (Fsp3) is 0.692. The monoisotopic (exact) mass is 252 g/mol. The molecular weight excluding hydrogens is 228 g/mol. The highest BCUT2D eigenvalue weighted by atomic mass is 16.2. The summed E-state index contributed by atoms with van der Waals surface area (Å²) in [6.45, 7) is 5.54. The normalized spacial score (nSPS) is 12.4. The fourth-order valence-corrected chi connectivity index (χ4v) is 1.77. The number of hydrogen-bond donors (Lipinski definition) is 2. The Morgan fingerprint density at radius 2 is 2.33 bits per heavy atom. The van der Waals surface area contributed by atoms with Gasteiger partial charge in [0.25, 0.3) is 5.91 Å². The zero-order valence-electron chi connectivity index (χ0n) is 11.6. The molecule has 102 valence electrons. The van der Waals surface area contributed by atoms with Crippen molar-refractivity contribution < 1.29 is 4.79 Å². The molecule has 0 aromatic carbocycles. The molecule has 0 saturated carbocycles. The highest BCUT2D eigenvalue weighted by Gasteiger charge is 2.11. The summed E-state index contributed by atoms with van der Waals surface area (Å²) < 4.78 is 1.64. The summed E-state index contributed by atoms with van der Waals surface area (Å²) >= 11 is 0. The molecule has 5 heteroatoms. The summed E-state index contributed by atoms with van der Waals surface area (Å²) in [4.78, 5) is 11.9. The predicted molar refractivity (Wildman–Crippen MR) is 72.4 cm³/mol. The average molecular weight is 252 g/mol. The van der Waals surface area contributed by atoms with E-state index in [9.17, 15) is 4.79 Å². The van der Waals surface area contributed by atoms with E-state index in [1.54, 1.807) is 11.7 Å². The second kappa shape index (κ2) is 7.16. The van der Waals surface area contributed by atoms with Crippen molar-refractivity contribution in [2.24, 2.45) is 18.7 Å². The van der Waals surface area contributed by atoms with E-state index in [4.69, 9.17) is 5.73 Å². The molecule has 1 aromatic heterocycles. The van der Waals surface area contributed by atoms with Gasteiger partial charge in [-0.25, -0.2) is 0 Å². The average Bonchev–Trinajstić information content (AvgIpc) is 2.75. The van der Waals surface area contributed by atoms with Crippen molar-refractivity contribution in [3.8, 4) is 0 Å². The van der Waals surface area contributed by atoms with E-state index >= 15 is 0 Å². The molecule has 0 aliphatic carbocycles. The highest BCUT2D eigenvalue weighted by Crippen LogP contribution is 2.05. The molecule has 18 heavy (non-hydrogen) atoms. The van der Waals surface area contributed by atoms with E-state index in [0.29, 0.717) is 24.7 Å². The molecule has 1 atom stereocenters. The molecular formula is C13H24N4O. The van der Waals surface area contributed by atoms with Gasteiger partial charge in [-0.05, 0) is 37.8 Å². The summed E-state index contributed by atoms with van der Waals surface area (Å²) in [7, 11) is 1.80. The van der Waals surface area contributed by atoms with Crippen LogP contribution in [-0.4, -0.2) is 28.8 Å². The first kappa shape index (κ1) is 14.7. The van der Waals surface area contributed by atoms with E-state index in [-0.39, 0.29) is 5.91 Å². The maximum Gasteiger partial charge on any atom is 0.269 e. The lowest BCUT2D eigenvalue weighted by molar-refractivity contribution is 0.0943. The third-order valence-corrected chi connectivity index (χ3v) is 3.09. The minimum Gasteiger partial charge on any atom is -0.351 e. The molecule has 0 bridgehead atoms. The van der Waals surface area contributed by atoms with Crippen LogP contribution in [-0.2, 0) is 13.5 Å². The Kier molecular flexibility index (Phi) is 5.85. The Balaban J connectivity index is 2.38. The SMILES string of the molecule is CCc1cc(C(=O)NCCCC(C)CN)n(C)n1. The number of carbonyl (C=O) groups is 1. The van der Waals surface area contributed by atoms with Crippen LogP contribution in [0.3, 0.4) is 0 Å².